The van der Waals surface area contributed by atoms with E-state index in [1.807, 2.05) is 0 Å². The van der Waals surface area contributed by atoms with Gasteiger partial charge in [-0.15, -0.1) is 0 Å². The number of aromatic nitrogens is 1. The average molecular weight is 261 g/mol. The van der Waals surface area contributed by atoms with Crippen molar-refractivity contribution in [1.82, 2.24) is 5.16 Å². The number of rotatable bonds is 1. The van der Waals surface area contributed by atoms with Crippen LogP contribution < -0.4 is 0 Å². The smallest absolute Gasteiger partial charge is 0.170 e. The molecule has 2 heteroatoms. The lowest BCUT2D eigenvalue weighted by molar-refractivity contribution is 0.434. The molecule has 0 spiro atoms. The molecule has 0 radical (unpaired) electrons. The monoisotopic (exact) mass is 261 g/mol. The van der Waals surface area contributed by atoms with E-state index in [0.717, 1.165) is 29.9 Å². The van der Waals surface area contributed by atoms with Gasteiger partial charge in [0.1, 0.15) is 5.69 Å². The molecule has 0 fully saturated rings. The second-order valence-corrected chi connectivity index (χ2v) is 5.36. The maximum Gasteiger partial charge on any atom is 0.170 e. The molecule has 0 aliphatic heterocycles. The zero-order valence-electron chi connectivity index (χ0n) is 11.4. The van der Waals surface area contributed by atoms with Crippen molar-refractivity contribution in [3.05, 3.63) is 65.2 Å². The van der Waals surface area contributed by atoms with E-state index in [4.69, 9.17) is 4.52 Å². The van der Waals surface area contributed by atoms with E-state index < -0.39 is 0 Å². The molecule has 2 nitrogen and oxygen atoms in total. The Bertz CT molecular complexity index is 768. The Balaban J connectivity index is 1.87. The van der Waals surface area contributed by atoms with Crippen LogP contribution in [0, 0.1) is 6.92 Å². The fourth-order valence-electron chi connectivity index (χ4n) is 2.91. The summed E-state index contributed by atoms with van der Waals surface area (Å²) in [5, 5.41) is 4.32. The lowest BCUT2D eigenvalue weighted by Gasteiger charge is -2.14. The van der Waals surface area contributed by atoms with Gasteiger partial charge in [0.25, 0.3) is 0 Å². The molecular formula is C18H15NO. The van der Waals surface area contributed by atoms with Gasteiger partial charge in [-0.05, 0) is 25.3 Å². The highest BCUT2D eigenvalue weighted by Gasteiger charge is 2.24. The van der Waals surface area contributed by atoms with Gasteiger partial charge >= 0.3 is 0 Å². The van der Waals surface area contributed by atoms with Crippen LogP contribution in [0.4, 0.5) is 0 Å². The Morgan fingerprint density at radius 3 is 2.60 bits per heavy atom. The van der Waals surface area contributed by atoms with Crippen LogP contribution in [0.2, 0.25) is 0 Å². The molecule has 1 aliphatic carbocycles. The van der Waals surface area contributed by atoms with E-state index >= 15 is 0 Å². The molecule has 0 atom stereocenters. The summed E-state index contributed by atoms with van der Waals surface area (Å²) >= 11 is 0. The maximum absolute atomic E-state index is 5.65. The van der Waals surface area contributed by atoms with Gasteiger partial charge in [-0.2, -0.15) is 0 Å². The van der Waals surface area contributed by atoms with Gasteiger partial charge in [0.05, 0.1) is 0 Å². The van der Waals surface area contributed by atoms with Gasteiger partial charge in [0.15, 0.2) is 5.76 Å². The van der Waals surface area contributed by atoms with Crippen molar-refractivity contribution in [2.45, 2.75) is 19.8 Å². The number of benzene rings is 2. The first kappa shape index (κ1) is 11.5. The lowest BCUT2D eigenvalue weighted by Crippen LogP contribution is -2.03. The molecule has 2 aromatic carbocycles. The van der Waals surface area contributed by atoms with Crippen LogP contribution in [0.15, 0.2) is 53.1 Å². The summed E-state index contributed by atoms with van der Waals surface area (Å²) in [5.41, 5.74) is 7.21. The minimum atomic E-state index is 0.925. The van der Waals surface area contributed by atoms with Crippen LogP contribution in [0.25, 0.3) is 22.6 Å². The van der Waals surface area contributed by atoms with Gasteiger partial charge in [-0.3, -0.25) is 0 Å². The third kappa shape index (κ3) is 1.68. The summed E-state index contributed by atoms with van der Waals surface area (Å²) in [5.74, 6) is 0.925. The average Bonchev–Trinajstić information content (AvgIpc) is 2.92. The summed E-state index contributed by atoms with van der Waals surface area (Å²) < 4.78 is 5.65. The molecule has 1 aromatic heterocycles. The Hall–Kier alpha value is -2.35. The van der Waals surface area contributed by atoms with Crippen molar-refractivity contribution in [2.75, 3.05) is 0 Å². The molecule has 0 saturated carbocycles. The third-order valence-electron chi connectivity index (χ3n) is 4.02. The highest BCUT2D eigenvalue weighted by Crippen LogP contribution is 2.38. The van der Waals surface area contributed by atoms with Gasteiger partial charge in [-0.25, -0.2) is 0 Å². The van der Waals surface area contributed by atoms with Crippen LogP contribution in [0.5, 0.6) is 0 Å². The fourth-order valence-corrected chi connectivity index (χ4v) is 2.91. The SMILES string of the molecule is Cc1ccc(-c2onc3c2CCc2ccccc2-3)cc1. The summed E-state index contributed by atoms with van der Waals surface area (Å²) in [6.07, 6.45) is 2.06. The predicted octanol–water partition coefficient (Wildman–Crippen LogP) is 4.42. The molecule has 0 N–H and O–H groups in total. The van der Waals surface area contributed by atoms with E-state index in [-0.39, 0.29) is 0 Å². The number of hydrogen-bond donors (Lipinski definition) is 0. The van der Waals surface area contributed by atoms with E-state index in [2.05, 4.69) is 60.6 Å². The maximum atomic E-state index is 5.65. The molecule has 20 heavy (non-hydrogen) atoms. The van der Waals surface area contributed by atoms with E-state index in [1.165, 1.54) is 22.3 Å². The Morgan fingerprint density at radius 1 is 0.950 bits per heavy atom. The molecule has 1 aliphatic rings. The van der Waals surface area contributed by atoms with Crippen molar-refractivity contribution >= 4 is 0 Å². The zero-order valence-corrected chi connectivity index (χ0v) is 11.4. The summed E-state index contributed by atoms with van der Waals surface area (Å²) in [6, 6.07) is 16.9. The highest BCUT2D eigenvalue weighted by molar-refractivity contribution is 5.76. The van der Waals surface area contributed by atoms with E-state index in [1.54, 1.807) is 0 Å². The van der Waals surface area contributed by atoms with Crippen LogP contribution >= 0.6 is 0 Å². The van der Waals surface area contributed by atoms with Crippen molar-refractivity contribution in [3.63, 3.8) is 0 Å². The Morgan fingerprint density at radius 2 is 1.75 bits per heavy atom. The Kier molecular flexibility index (Phi) is 2.49. The fraction of sp³-hybridized carbons (Fsp3) is 0.167. The number of aryl methyl sites for hydroxylation is 2. The third-order valence-corrected chi connectivity index (χ3v) is 4.02. The molecule has 3 aromatic rings. The second-order valence-electron chi connectivity index (χ2n) is 5.36. The molecular weight excluding hydrogens is 246 g/mol. The first-order chi connectivity index (χ1) is 9.83. The number of fused-ring (bicyclic) bond motifs is 3. The largest absolute Gasteiger partial charge is 0.355 e. The van der Waals surface area contributed by atoms with E-state index in [9.17, 15) is 0 Å². The molecule has 1 heterocycles. The van der Waals surface area contributed by atoms with Gasteiger partial charge < -0.3 is 4.52 Å². The minimum Gasteiger partial charge on any atom is -0.355 e. The number of hydrogen-bond acceptors (Lipinski definition) is 2. The first-order valence-corrected chi connectivity index (χ1v) is 6.97. The molecule has 4 rings (SSSR count). The van der Waals surface area contributed by atoms with Crippen LogP contribution in [-0.2, 0) is 12.8 Å². The van der Waals surface area contributed by atoms with Crippen molar-refractivity contribution < 1.29 is 4.52 Å². The van der Waals surface area contributed by atoms with Crippen LogP contribution in [0.3, 0.4) is 0 Å². The summed E-state index contributed by atoms with van der Waals surface area (Å²) in [7, 11) is 0. The molecule has 0 unspecified atom stereocenters. The van der Waals surface area contributed by atoms with Crippen LogP contribution in [-0.4, -0.2) is 5.16 Å². The predicted molar refractivity (Wildman–Crippen MR) is 79.5 cm³/mol. The summed E-state index contributed by atoms with van der Waals surface area (Å²) in [4.78, 5) is 0. The van der Waals surface area contributed by atoms with E-state index in [0.29, 0.717) is 0 Å². The van der Waals surface area contributed by atoms with Gasteiger partial charge in [0.2, 0.25) is 0 Å². The van der Waals surface area contributed by atoms with Gasteiger partial charge in [0, 0.05) is 16.7 Å². The second kappa shape index (κ2) is 4.34. The quantitative estimate of drug-likeness (QED) is 0.648. The van der Waals surface area contributed by atoms with Crippen molar-refractivity contribution in [1.29, 1.82) is 0 Å². The van der Waals surface area contributed by atoms with Gasteiger partial charge in [-0.1, -0.05) is 59.3 Å². The molecule has 0 bridgehead atoms. The highest BCUT2D eigenvalue weighted by atomic mass is 16.5. The zero-order chi connectivity index (χ0) is 13.5. The van der Waals surface area contributed by atoms with Crippen LogP contribution in [0.1, 0.15) is 16.7 Å². The lowest BCUT2D eigenvalue weighted by atomic mass is 9.88. The molecule has 0 saturated heterocycles. The van der Waals surface area contributed by atoms with Crippen molar-refractivity contribution in [3.8, 4) is 22.6 Å². The molecule has 98 valence electrons. The first-order valence-electron chi connectivity index (χ1n) is 6.97. The minimum absolute atomic E-state index is 0.925. The number of nitrogens with zero attached hydrogens (tertiary/aromatic N) is 1. The standard InChI is InChI=1S/C18H15NO/c1-12-6-8-14(9-7-12)18-16-11-10-13-4-2-3-5-15(13)17(16)19-20-18/h2-9H,10-11H2,1H3. The Labute approximate surface area is 118 Å². The van der Waals surface area contributed by atoms with Crippen molar-refractivity contribution in [2.24, 2.45) is 0 Å². The molecule has 0 amide bonds. The summed E-state index contributed by atoms with van der Waals surface area (Å²) in [6.45, 7) is 2.09. The normalized spacial score (nSPS) is 12.8. The topological polar surface area (TPSA) is 26.0 Å².